The Labute approximate surface area is 173 Å². The summed E-state index contributed by atoms with van der Waals surface area (Å²) in [5.74, 6) is 0. The van der Waals surface area contributed by atoms with E-state index in [1.54, 1.807) is 0 Å². The number of nitrogens with one attached hydrogen (secondary N) is 1. The quantitative estimate of drug-likeness (QED) is 0.344. The van der Waals surface area contributed by atoms with Crippen molar-refractivity contribution >= 4 is 7.82 Å². The number of aromatic amines is 1. The molecular weight excluding hydrogens is 357 g/mol. The maximum absolute atomic E-state index is 11.6. The van der Waals surface area contributed by atoms with Crippen LogP contribution in [-0.2, 0) is 13.8 Å². The maximum atomic E-state index is 11.6. The van der Waals surface area contributed by atoms with Gasteiger partial charge in [0.25, 0.3) is 5.56 Å². The van der Waals surface area contributed by atoms with Crippen molar-refractivity contribution in [1.29, 1.82) is 0 Å². The third kappa shape index (κ3) is 6.15. The molecule has 0 aromatic carbocycles. The number of phosphoric acid groups is 1. The Balaban J connectivity index is 0.00000242. The van der Waals surface area contributed by atoms with Crippen molar-refractivity contribution in [3.05, 3.63) is 33.1 Å². The second-order valence-electron chi connectivity index (χ2n) is 4.31. The van der Waals surface area contributed by atoms with Crippen molar-refractivity contribution < 1.29 is 92.9 Å². The monoisotopic (exact) mass is 368 g/mol. The molecule has 1 aromatic heterocycles. The van der Waals surface area contributed by atoms with E-state index in [2.05, 4.69) is 4.52 Å². The molecule has 1 fully saturated rings. The summed E-state index contributed by atoms with van der Waals surface area (Å²) in [6, 6.07) is 0.997. The van der Waals surface area contributed by atoms with Crippen LogP contribution in [-0.4, -0.2) is 44.7 Å². The smallest absolute Gasteiger partial charge is 0.790 e. The van der Waals surface area contributed by atoms with Crippen molar-refractivity contribution in [3.63, 3.8) is 0 Å². The van der Waals surface area contributed by atoms with Crippen LogP contribution in [0.4, 0.5) is 0 Å². The molecule has 0 spiro atoms. The normalized spacial score (nSPS) is 27.1. The van der Waals surface area contributed by atoms with Gasteiger partial charge in [0, 0.05) is 12.3 Å². The van der Waals surface area contributed by atoms with Gasteiger partial charge in [-0.15, -0.1) is 0 Å². The summed E-state index contributed by atoms with van der Waals surface area (Å²) in [5.41, 5.74) is -1.55. The molecule has 0 saturated carbocycles. The predicted molar refractivity (Wildman–Crippen MR) is 60.8 cm³/mol. The van der Waals surface area contributed by atoms with Gasteiger partial charge < -0.3 is 33.8 Å². The largest absolute Gasteiger partial charge is 1.00 e. The van der Waals surface area contributed by atoms with Gasteiger partial charge in [-0.25, -0.2) is 4.79 Å². The zero-order valence-electron chi connectivity index (χ0n) is 12.3. The van der Waals surface area contributed by atoms with Crippen LogP contribution in [0.5, 0.6) is 0 Å². The second-order valence-corrected chi connectivity index (χ2v) is 5.46. The molecule has 1 aliphatic rings. The van der Waals surface area contributed by atoms with Crippen molar-refractivity contribution in [2.24, 2.45) is 0 Å². The summed E-state index contributed by atoms with van der Waals surface area (Å²) in [4.78, 5) is 45.2. The van der Waals surface area contributed by atoms with Crippen molar-refractivity contribution in [1.82, 2.24) is 9.55 Å². The van der Waals surface area contributed by atoms with Gasteiger partial charge in [-0.1, -0.05) is 0 Å². The number of phosphoric ester groups is 1. The molecule has 2 heterocycles. The number of rotatable bonds is 4. The van der Waals surface area contributed by atoms with E-state index in [4.69, 9.17) is 4.74 Å². The Morgan fingerprint density at radius 3 is 2.43 bits per heavy atom. The Hall–Kier alpha value is 0.670. The third-order valence-electron chi connectivity index (χ3n) is 2.86. The third-order valence-corrected chi connectivity index (χ3v) is 3.32. The molecule has 1 aromatic rings. The molecule has 23 heavy (non-hydrogen) atoms. The standard InChI is InChI=1S/C9H13N2O9P.2Na/c12-5-1-2-11(9(15)10-5)8-7(14)6(13)4(20-8)3-19-21(16,17)18;;/h1-2,4,6-8,13-14H,3H2,(H,10,12,15)(H2,16,17,18);;/q;2*+1/p-2/t4-,6?,7?,8-;;/m0../s1. The molecule has 0 amide bonds. The van der Waals surface area contributed by atoms with Gasteiger partial charge in [-0.3, -0.25) is 14.3 Å². The van der Waals surface area contributed by atoms with Crippen LogP contribution >= 0.6 is 7.82 Å². The van der Waals surface area contributed by atoms with Gasteiger partial charge in [0.1, 0.15) is 18.3 Å². The van der Waals surface area contributed by atoms with Crippen LogP contribution in [0.15, 0.2) is 21.9 Å². The zero-order valence-corrected chi connectivity index (χ0v) is 17.2. The summed E-state index contributed by atoms with van der Waals surface area (Å²) < 4.78 is 20.3. The van der Waals surface area contributed by atoms with E-state index in [0.717, 1.165) is 16.8 Å². The number of aliphatic hydroxyl groups is 2. The summed E-state index contributed by atoms with van der Waals surface area (Å²) in [7, 11) is -5.26. The SMILES string of the molecule is O=c1ccn([C@H]2O[C@@H](COP(=O)([O-])[O-])C(O)C2O)c(=O)[nH]1.[Na+].[Na+]. The summed E-state index contributed by atoms with van der Waals surface area (Å²) in [6.07, 6.45) is -4.83. The number of nitrogens with zero attached hydrogens (tertiary/aromatic N) is 1. The molecule has 0 radical (unpaired) electrons. The number of hydrogen-bond donors (Lipinski definition) is 3. The van der Waals surface area contributed by atoms with E-state index in [0.29, 0.717) is 0 Å². The fourth-order valence-electron chi connectivity index (χ4n) is 1.89. The molecular formula is C9H11N2Na2O9P. The van der Waals surface area contributed by atoms with Crippen LogP contribution in [0.2, 0.25) is 0 Å². The molecule has 3 N–H and O–H groups in total. The van der Waals surface area contributed by atoms with Gasteiger partial charge in [0.05, 0.1) is 14.4 Å². The van der Waals surface area contributed by atoms with E-state index in [9.17, 15) is 34.2 Å². The second kappa shape index (κ2) is 9.39. The Morgan fingerprint density at radius 2 is 1.91 bits per heavy atom. The molecule has 0 aliphatic carbocycles. The molecule has 1 saturated heterocycles. The van der Waals surface area contributed by atoms with Gasteiger partial charge in [-0.05, 0) is 0 Å². The summed E-state index contributed by atoms with van der Waals surface area (Å²) in [5, 5.41) is 19.5. The predicted octanol–water partition coefficient (Wildman–Crippen LogP) is -9.99. The van der Waals surface area contributed by atoms with Crippen molar-refractivity contribution in [3.8, 4) is 0 Å². The molecule has 1 aliphatic heterocycles. The van der Waals surface area contributed by atoms with E-state index < -0.39 is 50.2 Å². The van der Waals surface area contributed by atoms with Crippen LogP contribution in [0.1, 0.15) is 6.23 Å². The molecule has 2 unspecified atom stereocenters. The minimum Gasteiger partial charge on any atom is -0.790 e. The van der Waals surface area contributed by atoms with Crippen molar-refractivity contribution in [2.75, 3.05) is 6.61 Å². The van der Waals surface area contributed by atoms with E-state index in [1.165, 1.54) is 0 Å². The number of aromatic nitrogens is 2. The fraction of sp³-hybridized carbons (Fsp3) is 0.556. The Kier molecular flexibility index (Phi) is 9.66. The molecule has 118 valence electrons. The van der Waals surface area contributed by atoms with Gasteiger partial charge in [0.15, 0.2) is 6.23 Å². The van der Waals surface area contributed by atoms with Crippen LogP contribution in [0.25, 0.3) is 0 Å². The van der Waals surface area contributed by atoms with Gasteiger partial charge >= 0.3 is 64.8 Å². The first-order valence-electron chi connectivity index (χ1n) is 5.69. The summed E-state index contributed by atoms with van der Waals surface area (Å²) >= 11 is 0. The zero-order chi connectivity index (χ0) is 15.8. The van der Waals surface area contributed by atoms with Gasteiger partial charge in [-0.2, -0.15) is 0 Å². The maximum Gasteiger partial charge on any atom is 1.00 e. The molecule has 0 bridgehead atoms. The first-order valence-corrected chi connectivity index (χ1v) is 7.15. The van der Waals surface area contributed by atoms with Crippen molar-refractivity contribution in [2.45, 2.75) is 24.5 Å². The van der Waals surface area contributed by atoms with E-state index >= 15 is 0 Å². The van der Waals surface area contributed by atoms with Gasteiger partial charge in [0.2, 0.25) is 0 Å². The molecule has 14 heteroatoms. The number of aliphatic hydroxyl groups excluding tert-OH is 2. The molecule has 2 rings (SSSR count). The minimum atomic E-state index is -5.26. The number of hydrogen-bond acceptors (Lipinski definition) is 9. The number of ether oxygens (including phenoxy) is 1. The van der Waals surface area contributed by atoms with Crippen LogP contribution in [0, 0.1) is 0 Å². The van der Waals surface area contributed by atoms with E-state index in [-0.39, 0.29) is 59.1 Å². The first kappa shape index (κ1) is 23.7. The summed E-state index contributed by atoms with van der Waals surface area (Å²) in [6.45, 7) is -0.808. The van der Waals surface area contributed by atoms with Crippen LogP contribution < -0.4 is 80.2 Å². The first-order chi connectivity index (χ1) is 9.69. The number of H-pyrrole nitrogens is 1. The average Bonchev–Trinajstić information content (AvgIpc) is 2.64. The topological polar surface area (TPSA) is 177 Å². The molecule has 11 nitrogen and oxygen atoms in total. The average molecular weight is 368 g/mol. The Morgan fingerprint density at radius 1 is 1.30 bits per heavy atom. The Bertz CT molecular complexity index is 673. The van der Waals surface area contributed by atoms with Crippen LogP contribution in [0.3, 0.4) is 0 Å². The fourth-order valence-corrected chi connectivity index (χ4v) is 2.22. The van der Waals surface area contributed by atoms with E-state index in [1.807, 2.05) is 4.98 Å². The minimum absolute atomic E-state index is 0. The molecule has 4 atom stereocenters.